The van der Waals surface area contributed by atoms with Gasteiger partial charge in [0.25, 0.3) is 0 Å². The third-order valence-corrected chi connectivity index (χ3v) is 5.10. The lowest BCUT2D eigenvalue weighted by Crippen LogP contribution is -2.13. The van der Waals surface area contributed by atoms with Crippen molar-refractivity contribution in [1.82, 2.24) is 0 Å². The summed E-state index contributed by atoms with van der Waals surface area (Å²) < 4.78 is 0. The summed E-state index contributed by atoms with van der Waals surface area (Å²) in [5, 5.41) is 12.7. The van der Waals surface area contributed by atoms with Gasteiger partial charge in [0.1, 0.15) is 5.00 Å². The number of hydrogen-bond acceptors (Lipinski definition) is 3. The molecule has 0 unspecified atom stereocenters. The highest BCUT2D eigenvalue weighted by molar-refractivity contribution is 7.17. The molecule has 2 N–H and O–H groups in total. The summed E-state index contributed by atoms with van der Waals surface area (Å²) in [5.74, 6) is -0.985. The number of carbonyl (C=O) groups is 2. The number of hydrogen-bond donors (Lipinski definition) is 2. The van der Waals surface area contributed by atoms with Gasteiger partial charge in [-0.1, -0.05) is 32.6 Å². The first-order chi connectivity index (χ1) is 10.1. The number of carboxylic acid groups (broad SMARTS) is 1. The van der Waals surface area contributed by atoms with Crippen LogP contribution < -0.4 is 5.32 Å². The largest absolute Gasteiger partial charge is 0.478 e. The van der Waals surface area contributed by atoms with Crippen molar-refractivity contribution >= 4 is 28.2 Å². The summed E-state index contributed by atoms with van der Waals surface area (Å²) in [6.07, 6.45) is 8.76. The normalized spacial score (nSPS) is 13.2. The number of carboxylic acids is 1. The zero-order valence-corrected chi connectivity index (χ0v) is 13.4. The molecule has 21 heavy (non-hydrogen) atoms. The van der Waals surface area contributed by atoms with Gasteiger partial charge in [0, 0.05) is 11.3 Å². The summed E-state index contributed by atoms with van der Waals surface area (Å²) in [6.45, 7) is 2.16. The van der Waals surface area contributed by atoms with E-state index in [1.54, 1.807) is 0 Å². The Hall–Kier alpha value is -1.36. The van der Waals surface area contributed by atoms with Crippen LogP contribution in [0.4, 0.5) is 5.00 Å². The van der Waals surface area contributed by atoms with Gasteiger partial charge >= 0.3 is 5.97 Å². The highest BCUT2D eigenvalue weighted by atomic mass is 32.1. The maximum absolute atomic E-state index is 11.9. The van der Waals surface area contributed by atoms with Gasteiger partial charge in [-0.2, -0.15) is 0 Å². The summed E-state index contributed by atoms with van der Waals surface area (Å²) in [6, 6.07) is 0. The lowest BCUT2D eigenvalue weighted by Gasteiger charge is -2.05. The number of unbranched alkanes of at least 4 members (excludes halogenated alkanes) is 4. The minimum Gasteiger partial charge on any atom is -0.478 e. The molecule has 1 aliphatic rings. The van der Waals surface area contributed by atoms with Gasteiger partial charge in [0.05, 0.1) is 5.56 Å². The molecule has 1 aromatic heterocycles. The number of carbonyl (C=O) groups excluding carboxylic acids is 1. The van der Waals surface area contributed by atoms with Crippen LogP contribution >= 0.6 is 11.3 Å². The Morgan fingerprint density at radius 3 is 2.67 bits per heavy atom. The lowest BCUT2D eigenvalue weighted by atomic mass is 10.1. The van der Waals surface area contributed by atoms with Crippen molar-refractivity contribution in [1.29, 1.82) is 0 Å². The van der Waals surface area contributed by atoms with E-state index in [-0.39, 0.29) is 5.91 Å². The van der Waals surface area contributed by atoms with E-state index >= 15 is 0 Å². The van der Waals surface area contributed by atoms with Crippen LogP contribution in [0.5, 0.6) is 0 Å². The Kier molecular flexibility index (Phi) is 5.79. The van der Waals surface area contributed by atoms with Gasteiger partial charge in [0.15, 0.2) is 0 Å². The van der Waals surface area contributed by atoms with Crippen LogP contribution in [0.3, 0.4) is 0 Å². The van der Waals surface area contributed by atoms with Crippen LogP contribution in [0, 0.1) is 0 Å². The average Bonchev–Trinajstić information content (AvgIpc) is 2.98. The Morgan fingerprint density at radius 2 is 1.95 bits per heavy atom. The van der Waals surface area contributed by atoms with Crippen LogP contribution in [0.15, 0.2) is 0 Å². The molecule has 5 heteroatoms. The van der Waals surface area contributed by atoms with Crippen LogP contribution in [0.2, 0.25) is 0 Å². The summed E-state index contributed by atoms with van der Waals surface area (Å²) in [5.41, 5.74) is 1.26. The standard InChI is InChI=1S/C16H23NO3S/c1-2-3-4-5-6-10-13(18)17-15-14(16(19)20)11-8-7-9-12(11)21-15/h2-10H2,1H3,(H,17,18)(H,19,20). The van der Waals surface area contributed by atoms with Crippen LogP contribution in [0.1, 0.15) is 72.7 Å². The predicted molar refractivity (Wildman–Crippen MR) is 85.3 cm³/mol. The first kappa shape index (κ1) is 16.0. The van der Waals surface area contributed by atoms with E-state index in [9.17, 15) is 14.7 Å². The molecule has 0 bridgehead atoms. The Morgan fingerprint density at radius 1 is 1.19 bits per heavy atom. The number of anilines is 1. The lowest BCUT2D eigenvalue weighted by molar-refractivity contribution is -0.116. The van der Waals surface area contributed by atoms with Gasteiger partial charge in [-0.15, -0.1) is 11.3 Å². The molecule has 1 aliphatic carbocycles. The zero-order valence-electron chi connectivity index (χ0n) is 12.5. The number of rotatable bonds is 8. The number of nitrogens with one attached hydrogen (secondary N) is 1. The highest BCUT2D eigenvalue weighted by Crippen LogP contribution is 2.39. The second-order valence-corrected chi connectivity index (χ2v) is 6.68. The second kappa shape index (κ2) is 7.59. The third kappa shape index (κ3) is 4.06. The van der Waals surface area contributed by atoms with Crippen molar-refractivity contribution in [2.24, 2.45) is 0 Å². The molecular formula is C16H23NO3S. The third-order valence-electron chi connectivity index (χ3n) is 3.90. The molecule has 0 radical (unpaired) electrons. The van der Waals surface area contributed by atoms with E-state index in [1.807, 2.05) is 0 Å². The molecule has 0 fully saturated rings. The van der Waals surface area contributed by atoms with E-state index in [0.717, 1.165) is 49.0 Å². The van der Waals surface area contributed by atoms with Crippen molar-refractivity contribution in [3.63, 3.8) is 0 Å². The van der Waals surface area contributed by atoms with Crippen molar-refractivity contribution < 1.29 is 14.7 Å². The average molecular weight is 309 g/mol. The van der Waals surface area contributed by atoms with Gasteiger partial charge in [-0.05, 0) is 31.2 Å². The van der Waals surface area contributed by atoms with Crippen LogP contribution in [-0.4, -0.2) is 17.0 Å². The summed E-state index contributed by atoms with van der Waals surface area (Å²) in [7, 11) is 0. The van der Waals surface area contributed by atoms with E-state index in [4.69, 9.17) is 0 Å². The Balaban J connectivity index is 1.91. The molecule has 0 saturated heterocycles. The fourth-order valence-corrected chi connectivity index (χ4v) is 4.09. The van der Waals surface area contributed by atoms with E-state index in [2.05, 4.69) is 12.2 Å². The van der Waals surface area contributed by atoms with Crippen molar-refractivity contribution in [2.45, 2.75) is 64.7 Å². The molecule has 4 nitrogen and oxygen atoms in total. The van der Waals surface area contributed by atoms with Gasteiger partial charge in [-0.3, -0.25) is 4.79 Å². The summed E-state index contributed by atoms with van der Waals surface area (Å²) in [4.78, 5) is 24.5. The van der Waals surface area contributed by atoms with Crippen LogP contribution in [0.25, 0.3) is 0 Å². The molecule has 1 heterocycles. The van der Waals surface area contributed by atoms with Crippen LogP contribution in [-0.2, 0) is 17.6 Å². The molecule has 1 amide bonds. The molecule has 0 aliphatic heterocycles. The van der Waals surface area contributed by atoms with Gasteiger partial charge in [-0.25, -0.2) is 4.79 Å². The minimum absolute atomic E-state index is 0.0612. The van der Waals surface area contributed by atoms with Crippen molar-refractivity contribution in [3.05, 3.63) is 16.0 Å². The molecule has 0 saturated carbocycles. The number of fused-ring (bicyclic) bond motifs is 1. The molecule has 1 aromatic rings. The highest BCUT2D eigenvalue weighted by Gasteiger charge is 2.26. The van der Waals surface area contributed by atoms with Crippen molar-refractivity contribution in [3.8, 4) is 0 Å². The first-order valence-corrected chi connectivity index (χ1v) is 8.62. The monoisotopic (exact) mass is 309 g/mol. The van der Waals surface area contributed by atoms with Gasteiger partial charge < -0.3 is 10.4 Å². The topological polar surface area (TPSA) is 66.4 Å². The first-order valence-electron chi connectivity index (χ1n) is 7.81. The maximum Gasteiger partial charge on any atom is 0.339 e. The molecule has 0 atom stereocenters. The molecule has 2 rings (SSSR count). The quantitative estimate of drug-likeness (QED) is 0.706. The number of aromatic carboxylic acids is 1. The SMILES string of the molecule is CCCCCCCC(=O)Nc1sc2c(c1C(=O)O)CCC2. The Labute approximate surface area is 129 Å². The van der Waals surface area contributed by atoms with Gasteiger partial charge in [0.2, 0.25) is 5.91 Å². The molecule has 0 spiro atoms. The van der Waals surface area contributed by atoms with E-state index in [1.165, 1.54) is 24.2 Å². The van der Waals surface area contributed by atoms with E-state index < -0.39 is 5.97 Å². The maximum atomic E-state index is 11.9. The minimum atomic E-state index is -0.923. The second-order valence-electron chi connectivity index (χ2n) is 5.58. The smallest absolute Gasteiger partial charge is 0.339 e. The fourth-order valence-electron chi connectivity index (χ4n) is 2.80. The predicted octanol–water partition coefficient (Wildman–Crippen LogP) is 4.23. The van der Waals surface area contributed by atoms with Crippen molar-refractivity contribution in [2.75, 3.05) is 5.32 Å². The molecular weight excluding hydrogens is 286 g/mol. The number of thiophene rings is 1. The van der Waals surface area contributed by atoms with E-state index in [0.29, 0.717) is 17.0 Å². The fraction of sp³-hybridized carbons (Fsp3) is 0.625. The summed E-state index contributed by atoms with van der Waals surface area (Å²) >= 11 is 1.44. The zero-order chi connectivity index (χ0) is 15.2. The number of aryl methyl sites for hydroxylation is 1. The molecule has 0 aromatic carbocycles. The molecule has 116 valence electrons. The number of amides is 1. The Bertz CT molecular complexity index is 522.